The molecule has 0 atom stereocenters. The van der Waals surface area contributed by atoms with Gasteiger partial charge in [0.25, 0.3) is 0 Å². The van der Waals surface area contributed by atoms with E-state index in [-0.39, 0.29) is 11.7 Å². The highest BCUT2D eigenvalue weighted by Gasteiger charge is 2.25. The first kappa shape index (κ1) is 21.7. The molecule has 0 bridgehead atoms. The van der Waals surface area contributed by atoms with Crippen LogP contribution in [0.1, 0.15) is 4.88 Å². The molecule has 3 aromatic rings. The summed E-state index contributed by atoms with van der Waals surface area (Å²) < 4.78 is 25.5. The van der Waals surface area contributed by atoms with Crippen molar-refractivity contribution in [2.45, 2.75) is 6.54 Å². The molecule has 0 saturated carbocycles. The number of hydrogen-bond donors (Lipinski definition) is 0. The number of carbonyl (C=O) groups excluding carboxylic acids is 1. The van der Waals surface area contributed by atoms with Gasteiger partial charge in [-0.15, -0.1) is 11.3 Å². The average molecular weight is 468 g/mol. The second kappa shape index (κ2) is 9.80. The highest BCUT2D eigenvalue weighted by molar-refractivity contribution is 7.09. The lowest BCUT2D eigenvalue weighted by atomic mass is 10.2. The lowest BCUT2D eigenvalue weighted by Gasteiger charge is -2.36. The van der Waals surface area contributed by atoms with E-state index in [1.807, 2.05) is 51.6 Å². The monoisotopic (exact) mass is 467 g/mol. The van der Waals surface area contributed by atoms with E-state index in [4.69, 9.17) is 9.47 Å². The molecule has 2 aliphatic rings. The summed E-state index contributed by atoms with van der Waals surface area (Å²) in [5, 5.41) is 2.02. The van der Waals surface area contributed by atoms with Crippen molar-refractivity contribution < 1.29 is 18.7 Å². The number of halogens is 1. The summed E-state index contributed by atoms with van der Waals surface area (Å²) in [6, 6.07) is 16.5. The Labute approximate surface area is 196 Å². The predicted octanol–water partition coefficient (Wildman–Crippen LogP) is 4.01. The number of para-hydroxylation sites is 1. The van der Waals surface area contributed by atoms with Crippen LogP contribution in [0.3, 0.4) is 0 Å². The van der Waals surface area contributed by atoms with Gasteiger partial charge in [0.15, 0.2) is 11.5 Å². The smallest absolute Gasteiger partial charge is 0.241 e. The highest BCUT2D eigenvalue weighted by Crippen LogP contribution is 2.35. The van der Waals surface area contributed by atoms with Gasteiger partial charge in [-0.3, -0.25) is 9.69 Å². The number of rotatable bonds is 6. The Bertz CT molecular complexity index is 1100. The average Bonchev–Trinajstić information content (AvgIpc) is 3.36. The molecule has 0 N–H and O–H groups in total. The van der Waals surface area contributed by atoms with Crippen LogP contribution in [0.2, 0.25) is 0 Å². The molecule has 2 aromatic carbocycles. The minimum Gasteiger partial charge on any atom is -0.486 e. The van der Waals surface area contributed by atoms with Gasteiger partial charge >= 0.3 is 0 Å². The topological polar surface area (TPSA) is 45.3 Å². The molecule has 8 heteroatoms. The Morgan fingerprint density at radius 2 is 1.76 bits per heavy atom. The van der Waals surface area contributed by atoms with Crippen molar-refractivity contribution in [1.82, 2.24) is 4.90 Å². The lowest BCUT2D eigenvalue weighted by Crippen LogP contribution is -2.50. The summed E-state index contributed by atoms with van der Waals surface area (Å²) in [4.78, 5) is 20.6. The fourth-order valence-electron chi connectivity index (χ4n) is 4.21. The maximum Gasteiger partial charge on any atom is 0.241 e. The van der Waals surface area contributed by atoms with E-state index in [0.29, 0.717) is 69.7 Å². The molecule has 6 nitrogen and oxygen atoms in total. The number of amides is 1. The molecule has 0 spiro atoms. The molecule has 0 aliphatic carbocycles. The number of anilines is 2. The van der Waals surface area contributed by atoms with Crippen LogP contribution in [0.25, 0.3) is 0 Å². The summed E-state index contributed by atoms with van der Waals surface area (Å²) in [6.07, 6.45) is 0. The zero-order valence-corrected chi connectivity index (χ0v) is 19.1. The van der Waals surface area contributed by atoms with Gasteiger partial charge in [-0.2, -0.15) is 0 Å². The molecule has 0 unspecified atom stereocenters. The van der Waals surface area contributed by atoms with Gasteiger partial charge in [0.05, 0.1) is 18.8 Å². The maximum atomic E-state index is 14.1. The standard InChI is InChI=1S/C25H26FN3O3S/c26-21-5-1-2-6-22(21)28-11-9-27(10-12-28)18-25(30)29(17-20-4-3-15-33-20)19-7-8-23-24(16-19)32-14-13-31-23/h1-8,15-16H,9-14,17-18H2. The van der Waals surface area contributed by atoms with Gasteiger partial charge < -0.3 is 19.3 Å². The summed E-state index contributed by atoms with van der Waals surface area (Å²) in [6.45, 7) is 4.62. The number of piperazine rings is 1. The molecular formula is C25H26FN3O3S. The Balaban J connectivity index is 1.28. The first-order valence-corrected chi connectivity index (χ1v) is 12.0. The van der Waals surface area contributed by atoms with Crippen LogP contribution in [-0.2, 0) is 11.3 Å². The lowest BCUT2D eigenvalue weighted by molar-refractivity contribution is -0.120. The molecule has 5 rings (SSSR count). The van der Waals surface area contributed by atoms with Crippen LogP contribution in [0.4, 0.5) is 15.8 Å². The molecule has 1 amide bonds. The second-order valence-electron chi connectivity index (χ2n) is 8.10. The third kappa shape index (κ3) is 4.96. The Morgan fingerprint density at radius 3 is 2.52 bits per heavy atom. The number of thiophene rings is 1. The van der Waals surface area contributed by atoms with E-state index in [0.717, 1.165) is 10.6 Å². The van der Waals surface area contributed by atoms with E-state index in [1.54, 1.807) is 23.5 Å². The van der Waals surface area contributed by atoms with Gasteiger partial charge in [0.2, 0.25) is 5.91 Å². The molecule has 172 valence electrons. The number of benzene rings is 2. The second-order valence-corrected chi connectivity index (χ2v) is 9.13. The minimum atomic E-state index is -0.206. The summed E-state index contributed by atoms with van der Waals surface area (Å²) >= 11 is 1.63. The molecule has 33 heavy (non-hydrogen) atoms. The van der Waals surface area contributed by atoms with Gasteiger partial charge in [0, 0.05) is 42.8 Å². The first-order valence-electron chi connectivity index (χ1n) is 11.1. The maximum absolute atomic E-state index is 14.1. The zero-order chi connectivity index (χ0) is 22.6. The van der Waals surface area contributed by atoms with E-state index < -0.39 is 0 Å². The van der Waals surface area contributed by atoms with Crippen molar-refractivity contribution in [2.24, 2.45) is 0 Å². The molecule has 3 heterocycles. The number of hydrogen-bond acceptors (Lipinski definition) is 6. The molecule has 1 aromatic heterocycles. The van der Waals surface area contributed by atoms with Crippen molar-refractivity contribution in [2.75, 3.05) is 55.7 Å². The Morgan fingerprint density at radius 1 is 0.970 bits per heavy atom. The third-order valence-electron chi connectivity index (χ3n) is 5.96. The van der Waals surface area contributed by atoms with Gasteiger partial charge in [0.1, 0.15) is 19.0 Å². The number of carbonyl (C=O) groups is 1. The van der Waals surface area contributed by atoms with Crippen LogP contribution >= 0.6 is 11.3 Å². The molecule has 0 radical (unpaired) electrons. The number of ether oxygens (including phenoxy) is 2. The summed E-state index contributed by atoms with van der Waals surface area (Å²) in [5.74, 6) is 1.20. The zero-order valence-electron chi connectivity index (χ0n) is 18.3. The molecule has 1 fully saturated rings. The van der Waals surface area contributed by atoms with Crippen LogP contribution in [0.5, 0.6) is 11.5 Å². The van der Waals surface area contributed by atoms with Gasteiger partial charge in [-0.1, -0.05) is 18.2 Å². The van der Waals surface area contributed by atoms with Crippen LogP contribution in [0, 0.1) is 5.82 Å². The van der Waals surface area contributed by atoms with Crippen molar-refractivity contribution in [3.05, 3.63) is 70.7 Å². The fourth-order valence-corrected chi connectivity index (χ4v) is 4.91. The fraction of sp³-hybridized carbons (Fsp3) is 0.320. The summed E-state index contributed by atoms with van der Waals surface area (Å²) in [5.41, 5.74) is 1.42. The van der Waals surface area contributed by atoms with E-state index in [2.05, 4.69) is 4.90 Å². The highest BCUT2D eigenvalue weighted by atomic mass is 32.1. The van der Waals surface area contributed by atoms with Crippen LogP contribution in [0.15, 0.2) is 60.0 Å². The number of fused-ring (bicyclic) bond motifs is 1. The minimum absolute atomic E-state index is 0.0272. The Hall–Kier alpha value is -3.10. The largest absolute Gasteiger partial charge is 0.486 e. The normalized spacial score (nSPS) is 16.0. The van der Waals surface area contributed by atoms with Gasteiger partial charge in [-0.05, 0) is 35.7 Å². The van der Waals surface area contributed by atoms with Gasteiger partial charge in [-0.25, -0.2) is 4.39 Å². The quantitative estimate of drug-likeness (QED) is 0.548. The van der Waals surface area contributed by atoms with Crippen LogP contribution < -0.4 is 19.3 Å². The van der Waals surface area contributed by atoms with Crippen molar-refractivity contribution in [3.8, 4) is 11.5 Å². The number of nitrogens with zero attached hydrogens (tertiary/aromatic N) is 3. The predicted molar refractivity (Wildman–Crippen MR) is 128 cm³/mol. The van der Waals surface area contributed by atoms with E-state index >= 15 is 0 Å². The third-order valence-corrected chi connectivity index (χ3v) is 6.82. The molecule has 1 saturated heterocycles. The molecule has 2 aliphatic heterocycles. The summed E-state index contributed by atoms with van der Waals surface area (Å²) in [7, 11) is 0. The molecular weight excluding hydrogens is 441 g/mol. The van der Waals surface area contributed by atoms with E-state index in [1.165, 1.54) is 6.07 Å². The van der Waals surface area contributed by atoms with Crippen molar-refractivity contribution in [3.63, 3.8) is 0 Å². The first-order chi connectivity index (χ1) is 16.2. The Kier molecular flexibility index (Phi) is 6.46. The van der Waals surface area contributed by atoms with Crippen molar-refractivity contribution in [1.29, 1.82) is 0 Å². The van der Waals surface area contributed by atoms with Crippen LogP contribution in [-0.4, -0.2) is 56.7 Å². The van der Waals surface area contributed by atoms with Crippen molar-refractivity contribution >= 4 is 28.6 Å². The van der Waals surface area contributed by atoms with E-state index in [9.17, 15) is 9.18 Å². The SMILES string of the molecule is O=C(CN1CCN(c2ccccc2F)CC1)N(Cc1cccs1)c1ccc2c(c1)OCCO2.